The van der Waals surface area contributed by atoms with Gasteiger partial charge in [0.2, 0.25) is 0 Å². The van der Waals surface area contributed by atoms with Gasteiger partial charge in [0.25, 0.3) is 10.2 Å². The van der Waals surface area contributed by atoms with Crippen LogP contribution in [0.25, 0.3) is 0 Å². The quantitative estimate of drug-likeness (QED) is 0.599. The number of piperidine rings is 1. The first-order valence-electron chi connectivity index (χ1n) is 7.04. The molecular weight excluding hydrogens is 266 g/mol. The largest absolute Gasteiger partial charge is 0.385 e. The van der Waals surface area contributed by atoms with Crippen molar-refractivity contribution in [1.29, 1.82) is 0 Å². The molecule has 7 heteroatoms. The van der Waals surface area contributed by atoms with Crippen molar-refractivity contribution < 1.29 is 13.2 Å². The number of methoxy groups -OCH3 is 1. The molecule has 0 aliphatic carbocycles. The van der Waals surface area contributed by atoms with Crippen molar-refractivity contribution in [3.8, 4) is 0 Å². The van der Waals surface area contributed by atoms with Crippen molar-refractivity contribution in [2.24, 2.45) is 11.7 Å². The van der Waals surface area contributed by atoms with Crippen molar-refractivity contribution in [2.75, 3.05) is 39.9 Å². The van der Waals surface area contributed by atoms with Crippen molar-refractivity contribution in [2.45, 2.75) is 32.1 Å². The summed E-state index contributed by atoms with van der Waals surface area (Å²) in [5.41, 5.74) is 5.62. The van der Waals surface area contributed by atoms with E-state index in [-0.39, 0.29) is 0 Å². The minimum atomic E-state index is -3.32. The second-order valence-corrected chi connectivity index (χ2v) is 6.81. The molecule has 0 aromatic rings. The molecule has 3 N–H and O–H groups in total. The molecule has 0 bridgehead atoms. The van der Waals surface area contributed by atoms with E-state index in [1.807, 2.05) is 0 Å². The molecule has 0 radical (unpaired) electrons. The van der Waals surface area contributed by atoms with E-state index >= 15 is 0 Å². The molecule has 6 nitrogen and oxygen atoms in total. The first-order chi connectivity index (χ1) is 9.10. The summed E-state index contributed by atoms with van der Waals surface area (Å²) >= 11 is 0. The molecule has 114 valence electrons. The van der Waals surface area contributed by atoms with Gasteiger partial charge < -0.3 is 10.5 Å². The lowest BCUT2D eigenvalue weighted by molar-refractivity contribution is 0.192. The lowest BCUT2D eigenvalue weighted by atomic mass is 10.0. The van der Waals surface area contributed by atoms with Crippen LogP contribution in [0.2, 0.25) is 0 Å². The Morgan fingerprint density at radius 1 is 1.37 bits per heavy atom. The third-order valence-corrected chi connectivity index (χ3v) is 5.05. The summed E-state index contributed by atoms with van der Waals surface area (Å²) in [6.45, 7) is 2.95. The fourth-order valence-corrected chi connectivity index (χ4v) is 3.64. The van der Waals surface area contributed by atoms with Gasteiger partial charge in [-0.1, -0.05) is 0 Å². The molecule has 19 heavy (non-hydrogen) atoms. The molecule has 1 heterocycles. The van der Waals surface area contributed by atoms with E-state index in [1.165, 1.54) is 4.31 Å². The molecule has 1 aliphatic heterocycles. The Balaban J connectivity index is 2.26. The van der Waals surface area contributed by atoms with Gasteiger partial charge in [0.15, 0.2) is 0 Å². The maximum Gasteiger partial charge on any atom is 0.279 e. The molecule has 1 aliphatic rings. The van der Waals surface area contributed by atoms with Crippen LogP contribution in [0.3, 0.4) is 0 Å². The monoisotopic (exact) mass is 293 g/mol. The van der Waals surface area contributed by atoms with Crippen molar-refractivity contribution in [3.05, 3.63) is 0 Å². The number of unbranched alkanes of at least 4 members (excludes halogenated alkanes) is 2. The van der Waals surface area contributed by atoms with E-state index < -0.39 is 10.2 Å². The molecule has 0 amide bonds. The number of nitrogens with two attached hydrogens (primary N) is 1. The topological polar surface area (TPSA) is 84.7 Å². The van der Waals surface area contributed by atoms with E-state index in [4.69, 9.17) is 10.5 Å². The van der Waals surface area contributed by atoms with Gasteiger partial charge in [0, 0.05) is 33.4 Å². The number of rotatable bonds is 9. The molecule has 1 rings (SSSR count). The smallest absolute Gasteiger partial charge is 0.279 e. The molecule has 1 fully saturated rings. The average Bonchev–Trinajstić information content (AvgIpc) is 2.43. The SMILES string of the molecule is COCCCCCNS(=O)(=O)N1CCCC(CN)C1. The third-order valence-electron chi connectivity index (χ3n) is 3.46. The van der Waals surface area contributed by atoms with Gasteiger partial charge >= 0.3 is 0 Å². The van der Waals surface area contributed by atoms with Crippen molar-refractivity contribution >= 4 is 10.2 Å². The number of ether oxygens (including phenoxy) is 1. The Bertz CT molecular complexity index is 335. The first-order valence-corrected chi connectivity index (χ1v) is 8.48. The standard InChI is InChI=1S/C12H27N3O3S/c1-18-9-4-2-3-7-14-19(16,17)15-8-5-6-12(10-13)11-15/h12,14H,2-11,13H2,1H3. The Labute approximate surface area is 116 Å². The normalized spacial score (nSPS) is 21.7. The van der Waals surface area contributed by atoms with Crippen LogP contribution >= 0.6 is 0 Å². The molecular formula is C12H27N3O3S. The fourth-order valence-electron chi connectivity index (χ4n) is 2.28. The highest BCUT2D eigenvalue weighted by molar-refractivity contribution is 7.87. The van der Waals surface area contributed by atoms with Gasteiger partial charge in [-0.05, 0) is 44.6 Å². The number of hydrogen-bond donors (Lipinski definition) is 2. The molecule has 0 spiro atoms. The molecule has 0 aromatic heterocycles. The third kappa shape index (κ3) is 6.18. The zero-order valence-corrected chi connectivity index (χ0v) is 12.6. The van der Waals surface area contributed by atoms with Crippen LogP contribution in [0.15, 0.2) is 0 Å². The van der Waals surface area contributed by atoms with E-state index in [0.29, 0.717) is 32.1 Å². The number of nitrogens with one attached hydrogen (secondary N) is 1. The second-order valence-electron chi connectivity index (χ2n) is 5.05. The Morgan fingerprint density at radius 3 is 2.84 bits per heavy atom. The number of nitrogens with zero attached hydrogens (tertiary/aromatic N) is 1. The number of hydrogen-bond acceptors (Lipinski definition) is 4. The van der Waals surface area contributed by atoms with E-state index in [9.17, 15) is 8.42 Å². The van der Waals surface area contributed by atoms with E-state index in [0.717, 1.165) is 38.7 Å². The molecule has 1 unspecified atom stereocenters. The van der Waals surface area contributed by atoms with Crippen LogP contribution in [0.4, 0.5) is 0 Å². The van der Waals surface area contributed by atoms with Crippen LogP contribution in [0.5, 0.6) is 0 Å². The van der Waals surface area contributed by atoms with Crippen LogP contribution in [-0.2, 0) is 14.9 Å². The lowest BCUT2D eigenvalue weighted by Gasteiger charge is -2.31. The summed E-state index contributed by atoms with van der Waals surface area (Å²) in [7, 11) is -1.65. The molecule has 1 atom stereocenters. The van der Waals surface area contributed by atoms with Crippen molar-refractivity contribution in [1.82, 2.24) is 9.03 Å². The van der Waals surface area contributed by atoms with Crippen LogP contribution in [0, 0.1) is 5.92 Å². The van der Waals surface area contributed by atoms with Crippen molar-refractivity contribution in [3.63, 3.8) is 0 Å². The molecule has 0 aromatic carbocycles. The minimum absolute atomic E-state index is 0.298. The maximum absolute atomic E-state index is 12.1. The van der Waals surface area contributed by atoms with Crippen LogP contribution in [0.1, 0.15) is 32.1 Å². The van der Waals surface area contributed by atoms with Gasteiger partial charge in [-0.15, -0.1) is 0 Å². The highest BCUT2D eigenvalue weighted by Gasteiger charge is 2.27. The van der Waals surface area contributed by atoms with Gasteiger partial charge in [0.05, 0.1) is 0 Å². The summed E-state index contributed by atoms with van der Waals surface area (Å²) in [6, 6.07) is 0. The zero-order chi connectivity index (χ0) is 14.1. The minimum Gasteiger partial charge on any atom is -0.385 e. The van der Waals surface area contributed by atoms with E-state index in [2.05, 4.69) is 4.72 Å². The van der Waals surface area contributed by atoms with E-state index in [1.54, 1.807) is 7.11 Å². The van der Waals surface area contributed by atoms with Crippen LogP contribution < -0.4 is 10.5 Å². The van der Waals surface area contributed by atoms with Gasteiger partial charge in [0.1, 0.15) is 0 Å². The highest BCUT2D eigenvalue weighted by Crippen LogP contribution is 2.17. The Hall–Kier alpha value is -0.210. The van der Waals surface area contributed by atoms with Crippen LogP contribution in [-0.4, -0.2) is 52.6 Å². The lowest BCUT2D eigenvalue weighted by Crippen LogP contribution is -2.47. The zero-order valence-electron chi connectivity index (χ0n) is 11.8. The second kappa shape index (κ2) is 8.86. The van der Waals surface area contributed by atoms with Gasteiger partial charge in [-0.2, -0.15) is 12.7 Å². The summed E-state index contributed by atoms with van der Waals surface area (Å²) in [4.78, 5) is 0. The average molecular weight is 293 g/mol. The predicted molar refractivity (Wildman–Crippen MR) is 76.0 cm³/mol. The predicted octanol–water partition coefficient (Wildman–Crippen LogP) is 0.308. The summed E-state index contributed by atoms with van der Waals surface area (Å²) in [6.07, 6.45) is 4.71. The Kier molecular flexibility index (Phi) is 7.86. The molecule has 0 saturated carbocycles. The summed E-state index contributed by atoms with van der Waals surface area (Å²) < 4.78 is 33.3. The maximum atomic E-state index is 12.1. The highest BCUT2D eigenvalue weighted by atomic mass is 32.2. The first kappa shape index (κ1) is 16.8. The Morgan fingerprint density at radius 2 is 2.16 bits per heavy atom. The summed E-state index contributed by atoms with van der Waals surface area (Å²) in [5, 5.41) is 0. The molecule has 1 saturated heterocycles. The summed E-state index contributed by atoms with van der Waals surface area (Å²) in [5.74, 6) is 0.298. The van der Waals surface area contributed by atoms with Gasteiger partial charge in [-0.3, -0.25) is 0 Å². The van der Waals surface area contributed by atoms with Gasteiger partial charge in [-0.25, -0.2) is 4.72 Å². The fraction of sp³-hybridized carbons (Fsp3) is 1.00.